The summed E-state index contributed by atoms with van der Waals surface area (Å²) in [7, 11) is 0. The molecule has 0 aliphatic heterocycles. The van der Waals surface area contributed by atoms with Crippen molar-refractivity contribution in [2.45, 2.75) is 6.92 Å². The molecule has 0 aliphatic rings. The second-order valence-electron chi connectivity index (χ2n) is 6.57. The van der Waals surface area contributed by atoms with Crippen molar-refractivity contribution < 1.29 is 9.72 Å². The highest BCUT2D eigenvalue weighted by Crippen LogP contribution is 2.20. The van der Waals surface area contributed by atoms with E-state index in [1.807, 2.05) is 17.7 Å². The van der Waals surface area contributed by atoms with E-state index < -0.39 is 10.8 Å². The Hall–Kier alpha value is -4.60. The summed E-state index contributed by atoms with van der Waals surface area (Å²) < 4.78 is 1.85. The van der Waals surface area contributed by atoms with Crippen molar-refractivity contribution in [1.29, 1.82) is 0 Å². The highest BCUT2D eigenvalue weighted by molar-refractivity contribution is 6.04. The first kappa shape index (κ1) is 19.7. The van der Waals surface area contributed by atoms with Gasteiger partial charge in [-0.25, -0.2) is 15.0 Å². The van der Waals surface area contributed by atoms with Gasteiger partial charge >= 0.3 is 0 Å². The Kier molecular flexibility index (Phi) is 5.35. The first-order valence-corrected chi connectivity index (χ1v) is 9.25. The molecular formula is C21H17N7O3. The fraction of sp³-hybridized carbons (Fsp3) is 0.0476. The van der Waals surface area contributed by atoms with E-state index >= 15 is 0 Å². The van der Waals surface area contributed by atoms with Crippen LogP contribution in [0.3, 0.4) is 0 Å². The largest absolute Gasteiger partial charge is 0.340 e. The molecule has 0 bridgehead atoms. The second kappa shape index (κ2) is 8.41. The third-order valence-corrected chi connectivity index (χ3v) is 4.46. The maximum absolute atomic E-state index is 12.4. The van der Waals surface area contributed by atoms with Gasteiger partial charge < -0.3 is 10.6 Å². The maximum Gasteiger partial charge on any atom is 0.270 e. The zero-order valence-corrected chi connectivity index (χ0v) is 16.4. The summed E-state index contributed by atoms with van der Waals surface area (Å²) in [6, 6.07) is 14.4. The molecule has 0 saturated heterocycles. The van der Waals surface area contributed by atoms with Gasteiger partial charge in [-0.05, 0) is 37.3 Å². The van der Waals surface area contributed by atoms with E-state index in [1.165, 1.54) is 30.6 Å². The molecular weight excluding hydrogens is 398 g/mol. The lowest BCUT2D eigenvalue weighted by atomic mass is 10.2. The summed E-state index contributed by atoms with van der Waals surface area (Å²) in [6.07, 6.45) is 4.98. The van der Waals surface area contributed by atoms with Gasteiger partial charge in [0.2, 0.25) is 0 Å². The van der Waals surface area contributed by atoms with Crippen molar-refractivity contribution in [3.8, 4) is 5.82 Å². The third-order valence-electron chi connectivity index (χ3n) is 4.46. The molecule has 31 heavy (non-hydrogen) atoms. The number of anilines is 3. The minimum absolute atomic E-state index is 0.137. The van der Waals surface area contributed by atoms with Gasteiger partial charge in [0.1, 0.15) is 23.8 Å². The number of amides is 1. The van der Waals surface area contributed by atoms with Crippen LogP contribution in [0.2, 0.25) is 0 Å². The number of nitrogens with one attached hydrogen (secondary N) is 2. The smallest absolute Gasteiger partial charge is 0.270 e. The number of imidazole rings is 1. The lowest BCUT2D eigenvalue weighted by molar-refractivity contribution is -0.384. The van der Waals surface area contributed by atoms with Crippen molar-refractivity contribution in [2.75, 3.05) is 10.6 Å². The van der Waals surface area contributed by atoms with E-state index in [0.717, 1.165) is 11.5 Å². The predicted octanol–water partition coefficient (Wildman–Crippen LogP) is 3.87. The van der Waals surface area contributed by atoms with E-state index in [-0.39, 0.29) is 11.3 Å². The molecule has 2 aromatic heterocycles. The summed E-state index contributed by atoms with van der Waals surface area (Å²) in [5.74, 6) is 1.67. The maximum atomic E-state index is 12.4. The minimum atomic E-state index is -0.538. The van der Waals surface area contributed by atoms with Gasteiger partial charge in [-0.15, -0.1) is 0 Å². The number of carbonyl (C=O) groups is 1. The first-order valence-electron chi connectivity index (χ1n) is 9.25. The number of nitro benzene ring substituents is 1. The van der Waals surface area contributed by atoms with Crippen LogP contribution in [0.5, 0.6) is 0 Å². The van der Waals surface area contributed by atoms with E-state index in [1.54, 1.807) is 36.5 Å². The van der Waals surface area contributed by atoms with E-state index in [4.69, 9.17) is 0 Å². The minimum Gasteiger partial charge on any atom is -0.340 e. The van der Waals surface area contributed by atoms with Crippen LogP contribution in [0.15, 0.2) is 73.3 Å². The number of carbonyl (C=O) groups excluding carboxylic acids is 1. The number of aromatic nitrogens is 4. The Morgan fingerprint density at radius 1 is 1.03 bits per heavy atom. The van der Waals surface area contributed by atoms with Gasteiger partial charge in [0, 0.05) is 47.5 Å². The van der Waals surface area contributed by atoms with Crippen LogP contribution in [-0.2, 0) is 0 Å². The highest BCUT2D eigenvalue weighted by atomic mass is 16.6. The molecule has 2 N–H and O–H groups in total. The molecule has 10 nitrogen and oxygen atoms in total. The van der Waals surface area contributed by atoms with Gasteiger partial charge in [0.15, 0.2) is 0 Å². The topological polar surface area (TPSA) is 128 Å². The zero-order valence-electron chi connectivity index (χ0n) is 16.4. The van der Waals surface area contributed by atoms with E-state index in [0.29, 0.717) is 17.3 Å². The molecule has 154 valence electrons. The highest BCUT2D eigenvalue weighted by Gasteiger charge is 2.12. The SMILES string of the molecule is Cc1nccn1-c1cc(Nc2ccc(NC(=O)c3cccc([N+](=O)[O-])c3)cc2)ncn1. The molecule has 0 saturated carbocycles. The van der Waals surface area contributed by atoms with E-state index in [2.05, 4.69) is 25.6 Å². The summed E-state index contributed by atoms with van der Waals surface area (Å²) in [6.45, 7) is 1.88. The Morgan fingerprint density at radius 3 is 2.52 bits per heavy atom. The van der Waals surface area contributed by atoms with E-state index in [9.17, 15) is 14.9 Å². The van der Waals surface area contributed by atoms with Gasteiger partial charge in [-0.2, -0.15) is 0 Å². The second-order valence-corrected chi connectivity index (χ2v) is 6.57. The van der Waals surface area contributed by atoms with Crippen LogP contribution >= 0.6 is 0 Å². The quantitative estimate of drug-likeness (QED) is 0.361. The van der Waals surface area contributed by atoms with Crippen LogP contribution in [-0.4, -0.2) is 30.3 Å². The normalized spacial score (nSPS) is 10.5. The van der Waals surface area contributed by atoms with Crippen LogP contribution in [0.4, 0.5) is 22.9 Å². The number of hydrogen-bond donors (Lipinski definition) is 2. The van der Waals surface area contributed by atoms with Gasteiger partial charge in [0.05, 0.1) is 4.92 Å². The summed E-state index contributed by atoms with van der Waals surface area (Å²) in [5.41, 5.74) is 1.39. The standard InChI is InChI=1S/C21H17N7O3/c1-14-22-9-10-27(14)20-12-19(23-13-24-20)25-16-5-7-17(8-6-16)26-21(29)15-3-2-4-18(11-15)28(30)31/h2-13H,1H3,(H,26,29)(H,23,24,25). The molecule has 4 rings (SSSR count). The van der Waals surface area contributed by atoms with Crippen LogP contribution in [0.25, 0.3) is 5.82 Å². The third kappa shape index (κ3) is 4.53. The van der Waals surface area contributed by atoms with Crippen LogP contribution in [0.1, 0.15) is 16.2 Å². The number of hydrogen-bond acceptors (Lipinski definition) is 7. The van der Waals surface area contributed by atoms with Crippen molar-refractivity contribution in [3.05, 3.63) is 94.8 Å². The van der Waals surface area contributed by atoms with Crippen LogP contribution in [0, 0.1) is 17.0 Å². The molecule has 0 aliphatic carbocycles. The molecule has 2 heterocycles. The zero-order chi connectivity index (χ0) is 21.8. The number of rotatable bonds is 6. The van der Waals surface area contributed by atoms with Gasteiger partial charge in [0.25, 0.3) is 11.6 Å². The molecule has 2 aromatic carbocycles. The fourth-order valence-electron chi connectivity index (χ4n) is 2.92. The monoisotopic (exact) mass is 415 g/mol. The Balaban J connectivity index is 1.44. The van der Waals surface area contributed by atoms with Crippen molar-refractivity contribution in [2.24, 2.45) is 0 Å². The molecule has 10 heteroatoms. The number of nitrogens with zero attached hydrogens (tertiary/aromatic N) is 5. The Morgan fingerprint density at radius 2 is 1.81 bits per heavy atom. The summed E-state index contributed by atoms with van der Waals surface area (Å²) in [5, 5.41) is 16.8. The molecule has 1 amide bonds. The molecule has 0 fully saturated rings. The van der Waals surface area contributed by atoms with Gasteiger partial charge in [-0.3, -0.25) is 19.5 Å². The summed E-state index contributed by atoms with van der Waals surface area (Å²) >= 11 is 0. The predicted molar refractivity (Wildman–Crippen MR) is 115 cm³/mol. The molecule has 0 spiro atoms. The number of benzene rings is 2. The summed E-state index contributed by atoms with van der Waals surface area (Å²) in [4.78, 5) is 35.4. The van der Waals surface area contributed by atoms with Crippen molar-refractivity contribution in [1.82, 2.24) is 19.5 Å². The molecule has 4 aromatic rings. The lowest BCUT2D eigenvalue weighted by Gasteiger charge is -2.10. The Bertz CT molecular complexity index is 1250. The van der Waals surface area contributed by atoms with Crippen LogP contribution < -0.4 is 10.6 Å². The molecule has 0 unspecified atom stereocenters. The Labute approximate surface area is 176 Å². The number of nitro groups is 1. The van der Waals surface area contributed by atoms with Crippen molar-refractivity contribution in [3.63, 3.8) is 0 Å². The fourth-order valence-corrected chi connectivity index (χ4v) is 2.92. The lowest BCUT2D eigenvalue weighted by Crippen LogP contribution is -2.12. The molecule has 0 radical (unpaired) electrons. The number of non-ortho nitro benzene ring substituents is 1. The van der Waals surface area contributed by atoms with Crippen molar-refractivity contribution >= 4 is 28.8 Å². The molecule has 0 atom stereocenters. The number of aryl methyl sites for hydroxylation is 1. The average Bonchev–Trinajstić information content (AvgIpc) is 3.21. The van der Waals surface area contributed by atoms with Gasteiger partial charge in [-0.1, -0.05) is 6.07 Å². The first-order chi connectivity index (χ1) is 15.0. The average molecular weight is 415 g/mol.